The molecule has 4 heteroatoms. The van der Waals surface area contributed by atoms with Crippen LogP contribution in [0.15, 0.2) is 0 Å². The minimum atomic E-state index is -0.711. The van der Waals surface area contributed by atoms with Crippen LogP contribution in [0.2, 0.25) is 0 Å². The molecule has 0 aromatic carbocycles. The van der Waals surface area contributed by atoms with E-state index in [0.29, 0.717) is 13.1 Å². The predicted octanol–water partition coefficient (Wildman–Crippen LogP) is -0.127. The number of hydrogen-bond acceptors (Lipinski definition) is 3. The molecule has 16 heavy (non-hydrogen) atoms. The van der Waals surface area contributed by atoms with Crippen molar-refractivity contribution in [2.24, 2.45) is 17.8 Å². The van der Waals surface area contributed by atoms with Crippen molar-refractivity contribution >= 4 is 5.91 Å². The molecule has 0 spiro atoms. The summed E-state index contributed by atoms with van der Waals surface area (Å²) >= 11 is 0. The molecule has 3 aliphatic rings. The van der Waals surface area contributed by atoms with Gasteiger partial charge in [0.15, 0.2) is 0 Å². The Morgan fingerprint density at radius 2 is 2.12 bits per heavy atom. The Hall–Kier alpha value is -0.610. The Kier molecular flexibility index (Phi) is 2.44. The highest BCUT2D eigenvalue weighted by Gasteiger charge is 2.48. The molecule has 3 atom stereocenters. The van der Waals surface area contributed by atoms with Crippen molar-refractivity contribution in [3.63, 3.8) is 0 Å². The fraction of sp³-hybridized carbons (Fsp3) is 0.917. The third kappa shape index (κ3) is 1.96. The Morgan fingerprint density at radius 3 is 2.75 bits per heavy atom. The van der Waals surface area contributed by atoms with Gasteiger partial charge in [-0.25, -0.2) is 0 Å². The second kappa shape index (κ2) is 3.70. The van der Waals surface area contributed by atoms with E-state index in [0.717, 1.165) is 37.6 Å². The van der Waals surface area contributed by atoms with E-state index in [9.17, 15) is 9.90 Å². The molecule has 3 rings (SSSR count). The molecule has 3 unspecified atom stereocenters. The van der Waals surface area contributed by atoms with Crippen LogP contribution < -0.4 is 10.6 Å². The van der Waals surface area contributed by atoms with E-state index in [1.165, 1.54) is 6.42 Å². The molecule has 3 N–H and O–H groups in total. The number of amides is 1. The van der Waals surface area contributed by atoms with Crippen molar-refractivity contribution < 1.29 is 9.90 Å². The summed E-state index contributed by atoms with van der Waals surface area (Å²) in [4.78, 5) is 11.9. The van der Waals surface area contributed by atoms with E-state index in [4.69, 9.17) is 0 Å². The lowest BCUT2D eigenvalue weighted by Crippen LogP contribution is -2.45. The van der Waals surface area contributed by atoms with Crippen LogP contribution in [-0.4, -0.2) is 36.2 Å². The lowest BCUT2D eigenvalue weighted by atomic mass is 10.0. The van der Waals surface area contributed by atoms with Crippen molar-refractivity contribution in [3.05, 3.63) is 0 Å². The minimum Gasteiger partial charge on any atom is -0.387 e. The number of fused-ring (bicyclic) bond motifs is 1. The van der Waals surface area contributed by atoms with Gasteiger partial charge in [0.05, 0.1) is 5.60 Å². The van der Waals surface area contributed by atoms with Crippen LogP contribution in [0.3, 0.4) is 0 Å². The molecule has 0 aromatic rings. The van der Waals surface area contributed by atoms with Gasteiger partial charge in [-0.3, -0.25) is 4.79 Å². The van der Waals surface area contributed by atoms with Crippen molar-refractivity contribution in [3.8, 4) is 0 Å². The van der Waals surface area contributed by atoms with Gasteiger partial charge < -0.3 is 15.7 Å². The van der Waals surface area contributed by atoms with Gasteiger partial charge >= 0.3 is 0 Å². The average Bonchev–Trinajstić information content (AvgIpc) is 2.71. The van der Waals surface area contributed by atoms with Crippen molar-refractivity contribution in [1.82, 2.24) is 10.6 Å². The minimum absolute atomic E-state index is 0.160. The van der Waals surface area contributed by atoms with Gasteiger partial charge in [0.1, 0.15) is 0 Å². The van der Waals surface area contributed by atoms with E-state index in [2.05, 4.69) is 10.6 Å². The Bertz CT molecular complexity index is 289. The van der Waals surface area contributed by atoms with E-state index < -0.39 is 5.60 Å². The summed E-state index contributed by atoms with van der Waals surface area (Å²) in [5, 5.41) is 16.1. The van der Waals surface area contributed by atoms with Gasteiger partial charge in [-0.15, -0.1) is 0 Å². The van der Waals surface area contributed by atoms with E-state index in [1.807, 2.05) is 0 Å². The number of rotatable bonds is 3. The number of carbonyl (C=O) groups excluding carboxylic acids is 1. The number of hydrogen-bond donors (Lipinski definition) is 3. The fourth-order valence-electron chi connectivity index (χ4n) is 3.21. The summed E-state index contributed by atoms with van der Waals surface area (Å²) in [5.74, 6) is 2.06. The molecule has 3 fully saturated rings. The maximum Gasteiger partial charge on any atom is 0.223 e. The second-order valence-corrected chi connectivity index (χ2v) is 5.79. The van der Waals surface area contributed by atoms with Crippen molar-refractivity contribution in [2.45, 2.75) is 31.3 Å². The van der Waals surface area contributed by atoms with Crippen LogP contribution >= 0.6 is 0 Å². The number of β-amino-alcohol motifs (C(OH)–C–C–N with tert-alkyl or cyclic N) is 1. The van der Waals surface area contributed by atoms with Crippen LogP contribution in [0.25, 0.3) is 0 Å². The van der Waals surface area contributed by atoms with Gasteiger partial charge in [0.2, 0.25) is 5.91 Å². The normalized spacial score (nSPS) is 45.4. The molecule has 0 radical (unpaired) electrons. The number of carbonyl (C=O) groups is 1. The standard InChI is InChI=1S/C12H20N2O2/c15-11(10-4-8-3-9(8)5-10)14-7-12(16)1-2-13-6-12/h8-10,13,16H,1-7H2,(H,14,15). The van der Waals surface area contributed by atoms with Crippen LogP contribution in [-0.2, 0) is 4.79 Å². The first kappa shape index (κ1) is 10.5. The monoisotopic (exact) mass is 224 g/mol. The number of aliphatic hydroxyl groups is 1. The summed E-state index contributed by atoms with van der Waals surface area (Å²) in [6, 6.07) is 0. The summed E-state index contributed by atoms with van der Waals surface area (Å²) in [5.41, 5.74) is -0.711. The lowest BCUT2D eigenvalue weighted by molar-refractivity contribution is -0.126. The maximum absolute atomic E-state index is 11.9. The average molecular weight is 224 g/mol. The third-order valence-corrected chi connectivity index (χ3v) is 4.43. The highest BCUT2D eigenvalue weighted by Crippen LogP contribution is 2.54. The third-order valence-electron chi connectivity index (χ3n) is 4.43. The van der Waals surface area contributed by atoms with Crippen molar-refractivity contribution in [1.29, 1.82) is 0 Å². The molecule has 0 aromatic heterocycles. The zero-order valence-corrected chi connectivity index (χ0v) is 9.54. The van der Waals surface area contributed by atoms with Crippen LogP contribution in [0.4, 0.5) is 0 Å². The van der Waals surface area contributed by atoms with Gasteiger partial charge in [-0.05, 0) is 44.1 Å². The molecule has 1 saturated heterocycles. The van der Waals surface area contributed by atoms with E-state index in [1.54, 1.807) is 0 Å². The predicted molar refractivity (Wildman–Crippen MR) is 59.8 cm³/mol. The highest BCUT2D eigenvalue weighted by molar-refractivity contribution is 5.79. The summed E-state index contributed by atoms with van der Waals surface area (Å²) in [6.07, 6.45) is 4.24. The molecule has 0 bridgehead atoms. The highest BCUT2D eigenvalue weighted by atomic mass is 16.3. The second-order valence-electron chi connectivity index (χ2n) is 5.79. The van der Waals surface area contributed by atoms with E-state index in [-0.39, 0.29) is 11.8 Å². The Morgan fingerprint density at radius 1 is 1.38 bits per heavy atom. The smallest absolute Gasteiger partial charge is 0.223 e. The van der Waals surface area contributed by atoms with E-state index >= 15 is 0 Å². The fourth-order valence-corrected chi connectivity index (χ4v) is 3.21. The summed E-state index contributed by atoms with van der Waals surface area (Å²) in [6.45, 7) is 1.85. The number of nitrogens with one attached hydrogen (secondary N) is 2. The quantitative estimate of drug-likeness (QED) is 0.626. The molecule has 90 valence electrons. The zero-order valence-electron chi connectivity index (χ0n) is 9.54. The Labute approximate surface area is 95.8 Å². The molecular weight excluding hydrogens is 204 g/mol. The Balaban J connectivity index is 1.46. The molecule has 1 amide bonds. The summed E-state index contributed by atoms with van der Waals surface area (Å²) in [7, 11) is 0. The summed E-state index contributed by atoms with van der Waals surface area (Å²) < 4.78 is 0. The van der Waals surface area contributed by atoms with Gasteiger partial charge in [-0.1, -0.05) is 0 Å². The molecular formula is C12H20N2O2. The van der Waals surface area contributed by atoms with Gasteiger partial charge in [0, 0.05) is 19.0 Å². The largest absolute Gasteiger partial charge is 0.387 e. The van der Waals surface area contributed by atoms with Gasteiger partial charge in [0.25, 0.3) is 0 Å². The van der Waals surface area contributed by atoms with Crippen LogP contribution in [0, 0.1) is 17.8 Å². The molecule has 2 saturated carbocycles. The zero-order chi connectivity index (χ0) is 11.2. The molecule has 4 nitrogen and oxygen atoms in total. The first-order valence-corrected chi connectivity index (χ1v) is 6.37. The molecule has 1 heterocycles. The maximum atomic E-state index is 11.9. The van der Waals surface area contributed by atoms with Crippen LogP contribution in [0.1, 0.15) is 25.7 Å². The first-order chi connectivity index (χ1) is 7.66. The van der Waals surface area contributed by atoms with Crippen LogP contribution in [0.5, 0.6) is 0 Å². The van der Waals surface area contributed by atoms with Crippen molar-refractivity contribution in [2.75, 3.05) is 19.6 Å². The molecule has 1 aliphatic heterocycles. The first-order valence-electron chi connectivity index (χ1n) is 6.37. The topological polar surface area (TPSA) is 61.4 Å². The molecule has 2 aliphatic carbocycles. The lowest BCUT2D eigenvalue weighted by Gasteiger charge is -2.23. The van der Waals surface area contributed by atoms with Gasteiger partial charge in [-0.2, -0.15) is 0 Å². The SMILES string of the molecule is O=C(NCC1(O)CCNC1)C1CC2CC2C1.